The van der Waals surface area contributed by atoms with Gasteiger partial charge in [0.1, 0.15) is 17.5 Å². The molecule has 2 rings (SSSR count). The van der Waals surface area contributed by atoms with Gasteiger partial charge in [-0.2, -0.15) is 0 Å². The predicted octanol–water partition coefficient (Wildman–Crippen LogP) is 2.89. The van der Waals surface area contributed by atoms with Crippen LogP contribution >= 0.6 is 0 Å². The third kappa shape index (κ3) is 5.10. The molecule has 0 aromatic heterocycles. The van der Waals surface area contributed by atoms with Gasteiger partial charge in [0.15, 0.2) is 0 Å². The molecule has 2 aromatic carbocycles. The Balaban J connectivity index is 1.81. The molecular formula is C17H16F3NO2. The van der Waals surface area contributed by atoms with Gasteiger partial charge in [-0.1, -0.05) is 12.1 Å². The number of aliphatic hydroxyl groups is 1. The maximum absolute atomic E-state index is 13.4. The third-order valence-corrected chi connectivity index (χ3v) is 3.38. The van der Waals surface area contributed by atoms with Crippen molar-refractivity contribution in [2.75, 3.05) is 6.54 Å². The number of hydrogen-bond donors (Lipinski definition) is 2. The van der Waals surface area contributed by atoms with Crippen LogP contribution in [0.25, 0.3) is 0 Å². The van der Waals surface area contributed by atoms with Crippen molar-refractivity contribution in [2.45, 2.75) is 18.9 Å². The fourth-order valence-corrected chi connectivity index (χ4v) is 2.08. The third-order valence-electron chi connectivity index (χ3n) is 3.38. The van der Waals surface area contributed by atoms with E-state index >= 15 is 0 Å². The summed E-state index contributed by atoms with van der Waals surface area (Å²) in [6.45, 7) is -0.0455. The summed E-state index contributed by atoms with van der Waals surface area (Å²) >= 11 is 0. The Morgan fingerprint density at radius 2 is 1.70 bits per heavy atom. The molecule has 23 heavy (non-hydrogen) atoms. The van der Waals surface area contributed by atoms with Crippen LogP contribution in [-0.2, 0) is 11.2 Å². The lowest BCUT2D eigenvalue weighted by atomic mass is 10.1. The van der Waals surface area contributed by atoms with Crippen LogP contribution in [0.3, 0.4) is 0 Å². The van der Waals surface area contributed by atoms with E-state index in [1.165, 1.54) is 24.3 Å². The number of carbonyl (C=O) groups is 1. The summed E-state index contributed by atoms with van der Waals surface area (Å²) in [6.07, 6.45) is -0.941. The molecule has 122 valence electrons. The lowest BCUT2D eigenvalue weighted by Crippen LogP contribution is -2.28. The molecule has 6 heteroatoms. The number of carbonyl (C=O) groups excluding carboxylic acids is 1. The van der Waals surface area contributed by atoms with Crippen LogP contribution in [0.5, 0.6) is 0 Å². The second kappa shape index (κ2) is 7.78. The number of halogens is 3. The Morgan fingerprint density at radius 3 is 2.39 bits per heavy atom. The van der Waals surface area contributed by atoms with Gasteiger partial charge in [0.2, 0.25) is 5.91 Å². The molecule has 0 fully saturated rings. The van der Waals surface area contributed by atoms with Crippen LogP contribution in [0.1, 0.15) is 23.7 Å². The number of hydrogen-bond acceptors (Lipinski definition) is 2. The van der Waals surface area contributed by atoms with Crippen LogP contribution in [-0.4, -0.2) is 17.6 Å². The standard InChI is InChI=1S/C17H16F3NO2/c18-13-4-1-11(2-5-13)16(22)10-21-17(23)8-3-12-9-14(19)6-7-15(12)20/h1-2,4-7,9,16,22H,3,8,10H2,(H,21,23). The Bertz CT molecular complexity index is 674. The fourth-order valence-electron chi connectivity index (χ4n) is 2.08. The van der Waals surface area contributed by atoms with Gasteiger partial charge in [-0.15, -0.1) is 0 Å². The van der Waals surface area contributed by atoms with Gasteiger partial charge in [-0.25, -0.2) is 13.2 Å². The van der Waals surface area contributed by atoms with Crippen molar-refractivity contribution in [3.05, 3.63) is 71.0 Å². The summed E-state index contributed by atoms with van der Waals surface area (Å²) < 4.78 is 39.2. The summed E-state index contributed by atoms with van der Waals surface area (Å²) in [6, 6.07) is 8.36. The van der Waals surface area contributed by atoms with Gasteiger partial charge in [0.25, 0.3) is 0 Å². The van der Waals surface area contributed by atoms with Gasteiger partial charge in [-0.05, 0) is 47.9 Å². The molecule has 1 atom stereocenters. The van der Waals surface area contributed by atoms with Crippen LogP contribution in [0, 0.1) is 17.5 Å². The first-order valence-corrected chi connectivity index (χ1v) is 7.10. The van der Waals surface area contributed by atoms with E-state index < -0.39 is 29.5 Å². The zero-order chi connectivity index (χ0) is 16.8. The first-order valence-electron chi connectivity index (χ1n) is 7.10. The predicted molar refractivity (Wildman–Crippen MR) is 79.0 cm³/mol. The second-order valence-electron chi connectivity index (χ2n) is 5.11. The van der Waals surface area contributed by atoms with Gasteiger partial charge in [-0.3, -0.25) is 4.79 Å². The first-order chi connectivity index (χ1) is 11.0. The van der Waals surface area contributed by atoms with Crippen LogP contribution in [0.4, 0.5) is 13.2 Å². The normalized spacial score (nSPS) is 12.0. The van der Waals surface area contributed by atoms with Gasteiger partial charge in [0, 0.05) is 13.0 Å². The average Bonchev–Trinajstić information content (AvgIpc) is 2.54. The molecule has 0 aliphatic heterocycles. The van der Waals surface area contributed by atoms with E-state index in [0.717, 1.165) is 18.2 Å². The van der Waals surface area contributed by atoms with E-state index in [1.54, 1.807) is 0 Å². The van der Waals surface area contributed by atoms with Crippen molar-refractivity contribution in [2.24, 2.45) is 0 Å². The molecule has 0 saturated heterocycles. The number of aryl methyl sites for hydroxylation is 1. The Kier molecular flexibility index (Phi) is 5.76. The van der Waals surface area contributed by atoms with Crippen molar-refractivity contribution >= 4 is 5.91 Å². The highest BCUT2D eigenvalue weighted by atomic mass is 19.1. The summed E-state index contributed by atoms with van der Waals surface area (Å²) in [5.41, 5.74) is 0.599. The molecule has 0 aliphatic carbocycles. The zero-order valence-corrected chi connectivity index (χ0v) is 12.2. The minimum Gasteiger partial charge on any atom is -0.387 e. The number of benzene rings is 2. The molecular weight excluding hydrogens is 307 g/mol. The van der Waals surface area contributed by atoms with Crippen LogP contribution in [0.15, 0.2) is 42.5 Å². The number of rotatable bonds is 6. The maximum Gasteiger partial charge on any atom is 0.220 e. The molecule has 1 amide bonds. The fraction of sp³-hybridized carbons (Fsp3) is 0.235. The number of aliphatic hydroxyl groups excluding tert-OH is 1. The summed E-state index contributed by atoms with van der Waals surface area (Å²) in [5.74, 6) is -1.93. The van der Waals surface area contributed by atoms with Crippen LogP contribution in [0.2, 0.25) is 0 Å². The van der Waals surface area contributed by atoms with E-state index in [2.05, 4.69) is 5.32 Å². The molecule has 0 aliphatic rings. The van der Waals surface area contributed by atoms with Crippen molar-refractivity contribution < 1.29 is 23.1 Å². The van der Waals surface area contributed by atoms with Crippen molar-refractivity contribution in [3.63, 3.8) is 0 Å². The molecule has 0 spiro atoms. The smallest absolute Gasteiger partial charge is 0.220 e. The minimum atomic E-state index is -0.967. The molecule has 0 radical (unpaired) electrons. The second-order valence-corrected chi connectivity index (χ2v) is 5.11. The van der Waals surface area contributed by atoms with Gasteiger partial charge >= 0.3 is 0 Å². The molecule has 3 nitrogen and oxygen atoms in total. The Morgan fingerprint density at radius 1 is 1.04 bits per heavy atom. The molecule has 2 aromatic rings. The quantitative estimate of drug-likeness (QED) is 0.859. The number of amides is 1. The highest BCUT2D eigenvalue weighted by Gasteiger charge is 2.11. The molecule has 0 bridgehead atoms. The maximum atomic E-state index is 13.4. The van der Waals surface area contributed by atoms with E-state index in [9.17, 15) is 23.1 Å². The summed E-state index contributed by atoms with van der Waals surface area (Å²) in [4.78, 5) is 11.7. The first kappa shape index (κ1) is 17.0. The van der Waals surface area contributed by atoms with E-state index in [0.29, 0.717) is 5.56 Å². The topological polar surface area (TPSA) is 49.3 Å². The van der Waals surface area contributed by atoms with E-state index in [-0.39, 0.29) is 24.9 Å². The van der Waals surface area contributed by atoms with Crippen LogP contribution < -0.4 is 5.32 Å². The van der Waals surface area contributed by atoms with Gasteiger partial charge in [0.05, 0.1) is 6.10 Å². The lowest BCUT2D eigenvalue weighted by molar-refractivity contribution is -0.121. The van der Waals surface area contributed by atoms with Gasteiger partial charge < -0.3 is 10.4 Å². The monoisotopic (exact) mass is 323 g/mol. The van der Waals surface area contributed by atoms with Crippen molar-refractivity contribution in [3.8, 4) is 0 Å². The van der Waals surface area contributed by atoms with Crippen molar-refractivity contribution in [1.82, 2.24) is 5.32 Å². The van der Waals surface area contributed by atoms with E-state index in [1.807, 2.05) is 0 Å². The average molecular weight is 323 g/mol. The van der Waals surface area contributed by atoms with Crippen molar-refractivity contribution in [1.29, 1.82) is 0 Å². The molecule has 1 unspecified atom stereocenters. The SMILES string of the molecule is O=C(CCc1cc(F)ccc1F)NCC(O)c1ccc(F)cc1. The summed E-state index contributed by atoms with van der Waals surface area (Å²) in [5, 5.41) is 12.4. The zero-order valence-electron chi connectivity index (χ0n) is 12.2. The largest absolute Gasteiger partial charge is 0.387 e. The molecule has 2 N–H and O–H groups in total. The highest BCUT2D eigenvalue weighted by molar-refractivity contribution is 5.76. The molecule has 0 heterocycles. The summed E-state index contributed by atoms with van der Waals surface area (Å²) in [7, 11) is 0. The Labute approximate surface area is 131 Å². The number of nitrogens with one attached hydrogen (secondary N) is 1. The lowest BCUT2D eigenvalue weighted by Gasteiger charge is -2.12. The minimum absolute atomic E-state index is 0.0312. The Hall–Kier alpha value is -2.34. The highest BCUT2D eigenvalue weighted by Crippen LogP contribution is 2.13. The molecule has 0 saturated carbocycles. The van der Waals surface area contributed by atoms with E-state index in [4.69, 9.17) is 0 Å².